The Balaban J connectivity index is 1.94. The van der Waals surface area contributed by atoms with Crippen LogP contribution in [0.25, 0.3) is 10.8 Å². The van der Waals surface area contributed by atoms with Gasteiger partial charge in [-0.05, 0) is 24.3 Å². The van der Waals surface area contributed by atoms with Crippen LogP contribution < -0.4 is 16.2 Å². The number of amides is 1. The lowest BCUT2D eigenvalue weighted by molar-refractivity contribution is -0.115. The van der Waals surface area contributed by atoms with E-state index in [1.165, 1.54) is 0 Å². The summed E-state index contributed by atoms with van der Waals surface area (Å²) >= 11 is 0. The van der Waals surface area contributed by atoms with E-state index in [-0.39, 0.29) is 11.5 Å². The first kappa shape index (κ1) is 14.8. The van der Waals surface area contributed by atoms with Crippen LogP contribution in [0.4, 0.5) is 17.2 Å². The number of carbonyl (C=O) groups excluding carboxylic acids is 1. The maximum Gasteiger partial charge on any atom is 0.272 e. The summed E-state index contributed by atoms with van der Waals surface area (Å²) in [7, 11) is 0. The van der Waals surface area contributed by atoms with Crippen LogP contribution in [-0.4, -0.2) is 16.1 Å². The van der Waals surface area contributed by atoms with Crippen molar-refractivity contribution in [3.05, 3.63) is 58.9 Å². The number of aromatic amines is 1. The molecule has 0 radical (unpaired) electrons. The van der Waals surface area contributed by atoms with E-state index in [2.05, 4.69) is 20.8 Å². The fourth-order valence-electron chi connectivity index (χ4n) is 2.27. The highest BCUT2D eigenvalue weighted by Crippen LogP contribution is 2.23. The lowest BCUT2D eigenvalue weighted by atomic mass is 10.2. The minimum atomic E-state index is -0.227. The number of nitrogens with one attached hydrogen (secondary N) is 3. The van der Waals surface area contributed by atoms with Crippen molar-refractivity contribution in [2.45, 2.75) is 13.3 Å². The van der Waals surface area contributed by atoms with E-state index < -0.39 is 0 Å². The lowest BCUT2D eigenvalue weighted by Gasteiger charge is -2.10. The molecule has 23 heavy (non-hydrogen) atoms. The first-order chi connectivity index (χ1) is 11.2. The fourth-order valence-corrected chi connectivity index (χ4v) is 2.27. The molecule has 3 rings (SSSR count). The maximum absolute atomic E-state index is 11.8. The highest BCUT2D eigenvalue weighted by Gasteiger charge is 2.07. The molecule has 0 fully saturated rings. The first-order valence-corrected chi connectivity index (χ1v) is 7.31. The van der Waals surface area contributed by atoms with Gasteiger partial charge in [-0.1, -0.05) is 31.2 Å². The molecule has 0 aliphatic heterocycles. The molecule has 116 valence electrons. The molecule has 0 aliphatic carbocycles. The van der Waals surface area contributed by atoms with Crippen molar-refractivity contribution in [2.24, 2.45) is 0 Å². The molecule has 1 heterocycles. The van der Waals surface area contributed by atoms with Crippen molar-refractivity contribution >= 4 is 33.9 Å². The zero-order chi connectivity index (χ0) is 16.2. The minimum absolute atomic E-state index is 0.0465. The van der Waals surface area contributed by atoms with Crippen molar-refractivity contribution < 1.29 is 4.79 Å². The predicted octanol–water partition coefficient (Wildman–Crippen LogP) is 3.02. The molecule has 0 bridgehead atoms. The zero-order valence-corrected chi connectivity index (χ0v) is 12.6. The van der Waals surface area contributed by atoms with E-state index in [0.29, 0.717) is 23.3 Å². The molecular formula is C17H16N4O2. The van der Waals surface area contributed by atoms with Crippen molar-refractivity contribution in [1.29, 1.82) is 0 Å². The highest BCUT2D eigenvalue weighted by molar-refractivity contribution is 5.93. The average Bonchev–Trinajstić information content (AvgIpc) is 2.58. The third-order valence-electron chi connectivity index (χ3n) is 3.43. The standard InChI is InChI=1S/C17H16N4O2/c1-2-15(22)18-11-6-5-7-12(10-11)19-16-13-8-3-4-9-14(13)17(23)21-20-16/h3-10H,2H2,1H3,(H,18,22)(H,19,20)(H,21,23). The Morgan fingerprint density at radius 1 is 1.09 bits per heavy atom. The lowest BCUT2D eigenvalue weighted by Crippen LogP contribution is -2.11. The number of benzene rings is 2. The second kappa shape index (κ2) is 6.31. The van der Waals surface area contributed by atoms with E-state index in [1.807, 2.05) is 42.5 Å². The van der Waals surface area contributed by atoms with Crippen LogP contribution in [-0.2, 0) is 4.79 Å². The Kier molecular flexibility index (Phi) is 4.05. The van der Waals surface area contributed by atoms with Gasteiger partial charge in [0.15, 0.2) is 5.82 Å². The van der Waals surface area contributed by atoms with Crippen LogP contribution in [0.3, 0.4) is 0 Å². The third-order valence-corrected chi connectivity index (χ3v) is 3.43. The van der Waals surface area contributed by atoms with Gasteiger partial charge in [0.25, 0.3) is 5.56 Å². The molecule has 1 aromatic heterocycles. The van der Waals surface area contributed by atoms with Crippen LogP contribution in [0, 0.1) is 0 Å². The van der Waals surface area contributed by atoms with Gasteiger partial charge in [0.1, 0.15) is 0 Å². The van der Waals surface area contributed by atoms with Gasteiger partial charge in [0, 0.05) is 23.2 Å². The number of hydrogen-bond acceptors (Lipinski definition) is 4. The summed E-state index contributed by atoms with van der Waals surface area (Å²) in [6.45, 7) is 1.80. The number of anilines is 3. The number of H-pyrrole nitrogens is 1. The zero-order valence-electron chi connectivity index (χ0n) is 12.6. The second-order valence-corrected chi connectivity index (χ2v) is 5.05. The van der Waals surface area contributed by atoms with Crippen molar-refractivity contribution in [3.8, 4) is 0 Å². The van der Waals surface area contributed by atoms with Gasteiger partial charge in [-0.3, -0.25) is 9.59 Å². The SMILES string of the molecule is CCC(=O)Nc1cccc(Nc2n[nH]c(=O)c3ccccc23)c1. The number of hydrogen-bond donors (Lipinski definition) is 3. The van der Waals surface area contributed by atoms with Crippen molar-refractivity contribution in [3.63, 3.8) is 0 Å². The summed E-state index contributed by atoms with van der Waals surface area (Å²) in [5.41, 5.74) is 1.24. The summed E-state index contributed by atoms with van der Waals surface area (Å²) in [6.07, 6.45) is 0.420. The molecule has 6 nitrogen and oxygen atoms in total. The second-order valence-electron chi connectivity index (χ2n) is 5.05. The Morgan fingerprint density at radius 3 is 2.61 bits per heavy atom. The Bertz CT molecular complexity index is 918. The monoisotopic (exact) mass is 308 g/mol. The molecule has 0 spiro atoms. The van der Waals surface area contributed by atoms with Crippen LogP contribution in [0.15, 0.2) is 53.3 Å². The minimum Gasteiger partial charge on any atom is -0.338 e. The number of carbonyl (C=O) groups is 1. The number of aromatic nitrogens is 2. The van der Waals surface area contributed by atoms with Gasteiger partial charge in [-0.15, -0.1) is 0 Å². The van der Waals surface area contributed by atoms with E-state index in [1.54, 1.807) is 13.0 Å². The first-order valence-electron chi connectivity index (χ1n) is 7.31. The van der Waals surface area contributed by atoms with E-state index in [9.17, 15) is 9.59 Å². The average molecular weight is 308 g/mol. The van der Waals surface area contributed by atoms with Gasteiger partial charge < -0.3 is 10.6 Å². The Labute approximate surface area is 132 Å². The van der Waals surface area contributed by atoms with Gasteiger partial charge in [-0.25, -0.2) is 5.10 Å². The highest BCUT2D eigenvalue weighted by atomic mass is 16.1. The molecule has 2 aromatic carbocycles. The van der Waals surface area contributed by atoms with E-state index >= 15 is 0 Å². The van der Waals surface area contributed by atoms with Gasteiger partial charge in [0.2, 0.25) is 5.91 Å². The van der Waals surface area contributed by atoms with Crippen LogP contribution in [0.5, 0.6) is 0 Å². The van der Waals surface area contributed by atoms with Crippen molar-refractivity contribution in [1.82, 2.24) is 10.2 Å². The van der Waals surface area contributed by atoms with Gasteiger partial charge in [0.05, 0.1) is 5.39 Å². The molecule has 0 atom stereocenters. The molecule has 0 aliphatic rings. The molecule has 0 saturated carbocycles. The van der Waals surface area contributed by atoms with E-state index in [4.69, 9.17) is 0 Å². The van der Waals surface area contributed by atoms with Gasteiger partial charge in [-0.2, -0.15) is 5.10 Å². The summed E-state index contributed by atoms with van der Waals surface area (Å²) in [6, 6.07) is 14.6. The molecule has 3 aromatic rings. The molecular weight excluding hydrogens is 292 g/mol. The van der Waals surface area contributed by atoms with E-state index in [0.717, 1.165) is 11.1 Å². The summed E-state index contributed by atoms with van der Waals surface area (Å²) < 4.78 is 0. The molecule has 0 saturated heterocycles. The normalized spacial score (nSPS) is 10.5. The Hall–Kier alpha value is -3.15. The van der Waals surface area contributed by atoms with Crippen LogP contribution >= 0.6 is 0 Å². The molecule has 6 heteroatoms. The smallest absolute Gasteiger partial charge is 0.272 e. The number of nitrogens with zero attached hydrogens (tertiary/aromatic N) is 1. The van der Waals surface area contributed by atoms with Crippen molar-refractivity contribution in [2.75, 3.05) is 10.6 Å². The third kappa shape index (κ3) is 3.21. The quantitative estimate of drug-likeness (QED) is 0.691. The number of rotatable bonds is 4. The predicted molar refractivity (Wildman–Crippen MR) is 91.0 cm³/mol. The summed E-state index contributed by atoms with van der Waals surface area (Å²) in [5, 5.41) is 13.8. The Morgan fingerprint density at radius 2 is 1.83 bits per heavy atom. The summed E-state index contributed by atoms with van der Waals surface area (Å²) in [5.74, 6) is 0.508. The topological polar surface area (TPSA) is 86.9 Å². The van der Waals surface area contributed by atoms with Gasteiger partial charge >= 0.3 is 0 Å². The largest absolute Gasteiger partial charge is 0.338 e. The van der Waals surface area contributed by atoms with Crippen LogP contribution in [0.1, 0.15) is 13.3 Å². The maximum atomic E-state index is 11.8. The van der Waals surface area contributed by atoms with Crippen LogP contribution in [0.2, 0.25) is 0 Å². The molecule has 1 amide bonds. The number of fused-ring (bicyclic) bond motifs is 1. The molecule has 3 N–H and O–H groups in total. The summed E-state index contributed by atoms with van der Waals surface area (Å²) in [4.78, 5) is 23.3. The molecule has 0 unspecified atom stereocenters. The fraction of sp³-hybridized carbons (Fsp3) is 0.118.